The van der Waals surface area contributed by atoms with Gasteiger partial charge in [0.05, 0.1) is 5.56 Å². The molecule has 0 aliphatic heterocycles. The van der Waals surface area contributed by atoms with E-state index in [4.69, 9.17) is 11.6 Å². The van der Waals surface area contributed by atoms with E-state index in [1.54, 1.807) is 0 Å². The molecule has 1 rings (SSSR count). The molecule has 0 unspecified atom stereocenters. The van der Waals surface area contributed by atoms with Crippen molar-refractivity contribution >= 4 is 56.0 Å². The van der Waals surface area contributed by atoms with Crippen LogP contribution in [0.25, 0.3) is 0 Å². The highest BCUT2D eigenvalue weighted by molar-refractivity contribution is 14.1. The molecule has 5 heteroatoms. The molecule has 0 aliphatic rings. The maximum Gasteiger partial charge on any atom is 0.255 e. The van der Waals surface area contributed by atoms with Crippen molar-refractivity contribution in [2.24, 2.45) is 0 Å². The summed E-state index contributed by atoms with van der Waals surface area (Å²) in [6.07, 6.45) is 2.07. The van der Waals surface area contributed by atoms with Gasteiger partial charge in [-0.15, -0.1) is 11.6 Å². The number of benzene rings is 1. The van der Waals surface area contributed by atoms with Crippen LogP contribution in [0, 0.1) is 3.57 Å². The zero-order valence-corrected chi connectivity index (χ0v) is 14.8. The SMILES string of the molecule is CCCCN(CCCl)C(=O)c1cc(I)ccc1Br. The topological polar surface area (TPSA) is 20.3 Å². The van der Waals surface area contributed by atoms with Crippen LogP contribution in [0.4, 0.5) is 0 Å². The summed E-state index contributed by atoms with van der Waals surface area (Å²) < 4.78 is 1.89. The van der Waals surface area contributed by atoms with Crippen molar-refractivity contribution in [3.63, 3.8) is 0 Å². The summed E-state index contributed by atoms with van der Waals surface area (Å²) in [4.78, 5) is 14.3. The van der Waals surface area contributed by atoms with Gasteiger partial charge in [-0.3, -0.25) is 4.79 Å². The first-order valence-electron chi connectivity index (χ1n) is 5.90. The Morgan fingerprint density at radius 2 is 2.17 bits per heavy atom. The zero-order valence-electron chi connectivity index (χ0n) is 10.3. The van der Waals surface area contributed by atoms with Crippen LogP contribution in [0.2, 0.25) is 0 Å². The van der Waals surface area contributed by atoms with Crippen LogP contribution in [0.3, 0.4) is 0 Å². The molecule has 100 valence electrons. The second kappa shape index (κ2) is 8.38. The Balaban J connectivity index is 2.90. The van der Waals surface area contributed by atoms with Crippen molar-refractivity contribution in [3.8, 4) is 0 Å². The number of amides is 1. The van der Waals surface area contributed by atoms with Gasteiger partial charge in [0.15, 0.2) is 0 Å². The second-order valence-corrected chi connectivity index (χ2v) is 6.44. The summed E-state index contributed by atoms with van der Waals surface area (Å²) in [5.74, 6) is 0.520. The van der Waals surface area contributed by atoms with Gasteiger partial charge < -0.3 is 4.90 Å². The van der Waals surface area contributed by atoms with Crippen LogP contribution in [0.15, 0.2) is 22.7 Å². The van der Waals surface area contributed by atoms with E-state index in [9.17, 15) is 4.79 Å². The third-order valence-electron chi connectivity index (χ3n) is 2.58. The molecule has 0 spiro atoms. The van der Waals surface area contributed by atoms with E-state index in [2.05, 4.69) is 45.4 Å². The minimum absolute atomic E-state index is 0.0505. The number of halogens is 3. The number of hydrogen-bond acceptors (Lipinski definition) is 1. The summed E-state index contributed by atoms with van der Waals surface area (Å²) >= 11 is 11.4. The average molecular weight is 445 g/mol. The molecule has 0 fully saturated rings. The number of alkyl halides is 1. The predicted octanol–water partition coefficient (Wildman–Crippen LogP) is 4.53. The van der Waals surface area contributed by atoms with E-state index >= 15 is 0 Å². The van der Waals surface area contributed by atoms with Gasteiger partial charge in [0, 0.05) is 27.0 Å². The van der Waals surface area contributed by atoms with E-state index in [1.807, 2.05) is 23.1 Å². The predicted molar refractivity (Wildman–Crippen MR) is 88.4 cm³/mol. The third kappa shape index (κ3) is 4.70. The fraction of sp³-hybridized carbons (Fsp3) is 0.462. The number of nitrogens with zero attached hydrogens (tertiary/aromatic N) is 1. The molecule has 0 radical (unpaired) electrons. The van der Waals surface area contributed by atoms with Crippen molar-refractivity contribution in [1.82, 2.24) is 4.90 Å². The van der Waals surface area contributed by atoms with Crippen molar-refractivity contribution in [2.45, 2.75) is 19.8 Å². The third-order valence-corrected chi connectivity index (χ3v) is 4.11. The molecule has 0 saturated carbocycles. The van der Waals surface area contributed by atoms with Crippen LogP contribution in [-0.2, 0) is 0 Å². The minimum atomic E-state index is 0.0505. The van der Waals surface area contributed by atoms with E-state index < -0.39 is 0 Å². The number of carbonyl (C=O) groups excluding carboxylic acids is 1. The quantitative estimate of drug-likeness (QED) is 0.466. The summed E-state index contributed by atoms with van der Waals surface area (Å²) in [5, 5.41) is 0. The van der Waals surface area contributed by atoms with Crippen LogP contribution < -0.4 is 0 Å². The molecule has 0 atom stereocenters. The molecule has 0 aromatic heterocycles. The molecule has 18 heavy (non-hydrogen) atoms. The maximum atomic E-state index is 12.4. The van der Waals surface area contributed by atoms with E-state index in [-0.39, 0.29) is 5.91 Å². The Kier molecular flexibility index (Phi) is 7.56. The number of carbonyl (C=O) groups is 1. The molecule has 0 aliphatic carbocycles. The van der Waals surface area contributed by atoms with Gasteiger partial charge in [0.1, 0.15) is 0 Å². The average Bonchev–Trinajstić information content (AvgIpc) is 2.36. The Labute approximate surface area is 135 Å². The Bertz CT molecular complexity index is 414. The van der Waals surface area contributed by atoms with E-state index in [0.29, 0.717) is 18.0 Å². The molecule has 0 bridgehead atoms. The normalized spacial score (nSPS) is 10.4. The summed E-state index contributed by atoms with van der Waals surface area (Å²) in [6.45, 7) is 3.48. The Morgan fingerprint density at radius 3 is 2.78 bits per heavy atom. The monoisotopic (exact) mass is 443 g/mol. The molecule has 1 aromatic carbocycles. The van der Waals surface area contributed by atoms with Gasteiger partial charge in [-0.1, -0.05) is 13.3 Å². The highest BCUT2D eigenvalue weighted by Gasteiger charge is 2.17. The second-order valence-electron chi connectivity index (χ2n) is 3.96. The number of rotatable bonds is 6. The lowest BCUT2D eigenvalue weighted by molar-refractivity contribution is 0.0762. The van der Waals surface area contributed by atoms with Crippen molar-refractivity contribution in [1.29, 1.82) is 0 Å². The van der Waals surface area contributed by atoms with Gasteiger partial charge in [0.2, 0.25) is 0 Å². The van der Waals surface area contributed by atoms with Gasteiger partial charge in [-0.05, 0) is 63.1 Å². The smallest absolute Gasteiger partial charge is 0.255 e. The van der Waals surface area contributed by atoms with Crippen LogP contribution in [0.5, 0.6) is 0 Å². The fourth-order valence-electron chi connectivity index (χ4n) is 1.60. The zero-order chi connectivity index (χ0) is 13.5. The van der Waals surface area contributed by atoms with Crippen LogP contribution in [0.1, 0.15) is 30.1 Å². The highest BCUT2D eigenvalue weighted by Crippen LogP contribution is 2.21. The summed E-state index contributed by atoms with van der Waals surface area (Å²) in [5.41, 5.74) is 0.711. The van der Waals surface area contributed by atoms with E-state index in [0.717, 1.165) is 27.4 Å². The van der Waals surface area contributed by atoms with E-state index in [1.165, 1.54) is 0 Å². The lowest BCUT2D eigenvalue weighted by atomic mass is 10.2. The fourth-order valence-corrected chi connectivity index (χ4v) is 2.71. The first-order chi connectivity index (χ1) is 8.60. The first kappa shape index (κ1) is 16.2. The van der Waals surface area contributed by atoms with Gasteiger partial charge in [-0.25, -0.2) is 0 Å². The largest absolute Gasteiger partial charge is 0.337 e. The molecule has 0 N–H and O–H groups in total. The lowest BCUT2D eigenvalue weighted by Crippen LogP contribution is -2.34. The molecule has 0 heterocycles. The molecule has 1 aromatic rings. The molecular weight excluding hydrogens is 428 g/mol. The van der Waals surface area contributed by atoms with Gasteiger partial charge in [0.25, 0.3) is 5.91 Å². The Hall–Kier alpha value is 0.190. The van der Waals surface area contributed by atoms with Crippen molar-refractivity contribution < 1.29 is 4.79 Å². The highest BCUT2D eigenvalue weighted by atomic mass is 127. The Morgan fingerprint density at radius 1 is 1.44 bits per heavy atom. The molecular formula is C13H16BrClINO. The standard InChI is InChI=1S/C13H16BrClINO/c1-2-3-7-17(8-6-15)13(18)11-9-10(16)4-5-12(11)14/h4-5,9H,2-3,6-8H2,1H3. The number of hydrogen-bond donors (Lipinski definition) is 0. The van der Waals surface area contributed by atoms with Crippen LogP contribution >= 0.6 is 50.1 Å². The van der Waals surface area contributed by atoms with Crippen molar-refractivity contribution in [3.05, 3.63) is 31.8 Å². The molecule has 1 amide bonds. The summed E-state index contributed by atoms with van der Waals surface area (Å²) in [6, 6.07) is 5.78. The molecule has 0 saturated heterocycles. The lowest BCUT2D eigenvalue weighted by Gasteiger charge is -2.22. The maximum absolute atomic E-state index is 12.4. The first-order valence-corrected chi connectivity index (χ1v) is 8.31. The molecule has 2 nitrogen and oxygen atoms in total. The van der Waals surface area contributed by atoms with Gasteiger partial charge in [-0.2, -0.15) is 0 Å². The minimum Gasteiger partial charge on any atom is -0.337 e. The van der Waals surface area contributed by atoms with Gasteiger partial charge >= 0.3 is 0 Å². The number of unbranched alkanes of at least 4 members (excludes halogenated alkanes) is 1. The van der Waals surface area contributed by atoms with Crippen LogP contribution in [-0.4, -0.2) is 29.8 Å². The summed E-state index contributed by atoms with van der Waals surface area (Å²) in [7, 11) is 0. The van der Waals surface area contributed by atoms with Crippen molar-refractivity contribution in [2.75, 3.05) is 19.0 Å².